The third kappa shape index (κ3) is 47.3. The minimum atomic E-state index is -4.38. The van der Waals surface area contributed by atoms with Gasteiger partial charge in [-0.05, 0) is 77.0 Å². The van der Waals surface area contributed by atoms with E-state index in [4.69, 9.17) is 24.3 Å². The molecule has 0 aliphatic heterocycles. The third-order valence-electron chi connectivity index (χ3n) is 10.7. The molecule has 3 N–H and O–H groups in total. The van der Waals surface area contributed by atoms with Crippen LogP contribution in [-0.2, 0) is 32.7 Å². The highest BCUT2D eigenvalue weighted by molar-refractivity contribution is 7.47. The van der Waals surface area contributed by atoms with Crippen molar-refractivity contribution in [3.63, 3.8) is 0 Å². The molecule has 10 heteroatoms. The molecule has 9 nitrogen and oxygen atoms in total. The zero-order chi connectivity index (χ0) is 44.6. The lowest BCUT2D eigenvalue weighted by atomic mass is 10.0. The van der Waals surface area contributed by atoms with E-state index in [1.54, 1.807) is 0 Å². The Morgan fingerprint density at radius 3 is 1.30 bits per heavy atom. The standard InChI is InChI=1S/C51H94NO8P/c1-3-5-7-9-11-13-15-17-18-19-20-21-22-23-24-25-26-27-28-29-30-32-34-36-38-40-42-44-51(54)60-49(48-59-61(55,56)58-46-45-52)47-57-50(53)43-41-39-37-35-33-31-16-14-12-10-8-6-4-2/h14-17,19-20,22-23,49H,3-13,18,21,24-48,52H2,1-2H3,(H,55,56)/b16-14-,17-15-,20-19-,23-22-. The molecule has 0 aromatic heterocycles. The van der Waals surface area contributed by atoms with Gasteiger partial charge in [-0.1, -0.05) is 191 Å². The fourth-order valence-electron chi connectivity index (χ4n) is 6.93. The van der Waals surface area contributed by atoms with E-state index in [0.29, 0.717) is 6.42 Å². The molecule has 0 fully saturated rings. The molecule has 0 spiro atoms. The molecule has 356 valence electrons. The first-order chi connectivity index (χ1) is 29.8. The van der Waals surface area contributed by atoms with E-state index in [9.17, 15) is 19.0 Å². The molecule has 0 bridgehead atoms. The normalized spacial score (nSPS) is 13.6. The van der Waals surface area contributed by atoms with Gasteiger partial charge in [0.05, 0.1) is 13.2 Å². The molecule has 0 saturated carbocycles. The molecule has 2 unspecified atom stereocenters. The van der Waals surface area contributed by atoms with Crippen molar-refractivity contribution in [1.82, 2.24) is 0 Å². The van der Waals surface area contributed by atoms with Crippen molar-refractivity contribution >= 4 is 19.8 Å². The van der Waals surface area contributed by atoms with Gasteiger partial charge in [0.1, 0.15) is 6.61 Å². The summed E-state index contributed by atoms with van der Waals surface area (Å²) in [5.41, 5.74) is 5.36. The molecule has 0 saturated heterocycles. The van der Waals surface area contributed by atoms with Crippen LogP contribution in [-0.4, -0.2) is 49.3 Å². The first-order valence-corrected chi connectivity index (χ1v) is 26.6. The van der Waals surface area contributed by atoms with Gasteiger partial charge < -0.3 is 20.1 Å². The summed E-state index contributed by atoms with van der Waals surface area (Å²) >= 11 is 0. The highest BCUT2D eigenvalue weighted by atomic mass is 31.2. The number of hydrogen-bond donors (Lipinski definition) is 2. The fraction of sp³-hybridized carbons (Fsp3) is 0.804. The predicted molar refractivity (Wildman–Crippen MR) is 257 cm³/mol. The number of ether oxygens (including phenoxy) is 2. The van der Waals surface area contributed by atoms with Gasteiger partial charge in [0.25, 0.3) is 0 Å². The number of carbonyl (C=O) groups excluding carboxylic acids is 2. The van der Waals surface area contributed by atoms with Crippen LogP contribution >= 0.6 is 7.82 Å². The van der Waals surface area contributed by atoms with Crippen LogP contribution in [0.15, 0.2) is 48.6 Å². The van der Waals surface area contributed by atoms with E-state index in [0.717, 1.165) is 70.6 Å². The number of unbranched alkanes of at least 4 members (excludes halogenated alkanes) is 26. The molecule has 0 amide bonds. The highest BCUT2D eigenvalue weighted by Crippen LogP contribution is 2.43. The largest absolute Gasteiger partial charge is 0.472 e. The van der Waals surface area contributed by atoms with E-state index < -0.39 is 32.5 Å². The molecular formula is C51H94NO8P. The minimum absolute atomic E-state index is 0.0513. The molecule has 0 aliphatic rings. The Morgan fingerprint density at radius 2 is 0.852 bits per heavy atom. The number of phosphoric acid groups is 1. The number of nitrogens with two attached hydrogens (primary N) is 1. The number of rotatable bonds is 47. The van der Waals surface area contributed by atoms with Gasteiger partial charge in [0.2, 0.25) is 0 Å². The van der Waals surface area contributed by atoms with Gasteiger partial charge in [-0.2, -0.15) is 0 Å². The summed E-state index contributed by atoms with van der Waals surface area (Å²) < 4.78 is 32.9. The first kappa shape index (κ1) is 59.0. The Balaban J connectivity index is 4.00. The topological polar surface area (TPSA) is 134 Å². The van der Waals surface area contributed by atoms with E-state index in [1.165, 1.54) is 128 Å². The van der Waals surface area contributed by atoms with Crippen LogP contribution in [0.3, 0.4) is 0 Å². The van der Waals surface area contributed by atoms with Crippen LogP contribution in [0.4, 0.5) is 0 Å². The van der Waals surface area contributed by atoms with E-state index in [2.05, 4.69) is 62.5 Å². The van der Waals surface area contributed by atoms with Crippen molar-refractivity contribution in [2.45, 2.75) is 238 Å². The van der Waals surface area contributed by atoms with E-state index in [-0.39, 0.29) is 32.6 Å². The first-order valence-electron chi connectivity index (χ1n) is 25.1. The average Bonchev–Trinajstić information content (AvgIpc) is 3.25. The van der Waals surface area contributed by atoms with Crippen LogP contribution in [0.5, 0.6) is 0 Å². The summed E-state index contributed by atoms with van der Waals surface area (Å²) in [6, 6.07) is 0. The zero-order valence-electron chi connectivity index (χ0n) is 39.4. The Labute approximate surface area is 375 Å². The van der Waals surface area contributed by atoms with Crippen molar-refractivity contribution in [2.75, 3.05) is 26.4 Å². The molecule has 0 aromatic carbocycles. The molecule has 0 radical (unpaired) electrons. The summed E-state index contributed by atoms with van der Waals surface area (Å²) in [5.74, 6) is -0.837. The van der Waals surface area contributed by atoms with Crippen molar-refractivity contribution in [2.24, 2.45) is 5.73 Å². The number of phosphoric ester groups is 1. The zero-order valence-corrected chi connectivity index (χ0v) is 40.3. The maximum atomic E-state index is 12.6. The van der Waals surface area contributed by atoms with Crippen LogP contribution in [0, 0.1) is 0 Å². The average molecular weight is 880 g/mol. The summed E-state index contributed by atoms with van der Waals surface area (Å²) in [7, 11) is -4.38. The minimum Gasteiger partial charge on any atom is -0.462 e. The number of hydrogen-bond acceptors (Lipinski definition) is 8. The van der Waals surface area contributed by atoms with Crippen LogP contribution in [0.2, 0.25) is 0 Å². The van der Waals surface area contributed by atoms with Gasteiger partial charge >= 0.3 is 19.8 Å². The second-order valence-corrected chi connectivity index (χ2v) is 18.1. The number of esters is 2. The highest BCUT2D eigenvalue weighted by Gasteiger charge is 2.26. The predicted octanol–water partition coefficient (Wildman–Crippen LogP) is 15.1. The Morgan fingerprint density at radius 1 is 0.492 bits per heavy atom. The van der Waals surface area contributed by atoms with Crippen LogP contribution in [0.25, 0.3) is 0 Å². The van der Waals surface area contributed by atoms with E-state index in [1.807, 2.05) is 0 Å². The molecule has 0 heterocycles. The molecule has 0 aromatic rings. The molecule has 61 heavy (non-hydrogen) atoms. The molecule has 0 aliphatic carbocycles. The van der Waals surface area contributed by atoms with Gasteiger partial charge in [-0.25, -0.2) is 4.57 Å². The van der Waals surface area contributed by atoms with Crippen molar-refractivity contribution in [3.8, 4) is 0 Å². The summed E-state index contributed by atoms with van der Waals surface area (Å²) in [4.78, 5) is 35.0. The second-order valence-electron chi connectivity index (χ2n) is 16.7. The smallest absolute Gasteiger partial charge is 0.462 e. The van der Waals surface area contributed by atoms with Crippen LogP contribution in [0.1, 0.15) is 232 Å². The van der Waals surface area contributed by atoms with Crippen molar-refractivity contribution in [3.05, 3.63) is 48.6 Å². The lowest BCUT2D eigenvalue weighted by Crippen LogP contribution is -2.29. The monoisotopic (exact) mass is 880 g/mol. The Hall–Kier alpha value is -2.03. The molecule has 0 rings (SSSR count). The van der Waals surface area contributed by atoms with Crippen molar-refractivity contribution < 1.29 is 37.6 Å². The SMILES string of the molecule is CCCCCC/C=C\CCCCCCCC(=O)OCC(COP(=O)(O)OCCN)OC(=O)CCCCCCCCCCCCCC/C=C\C/C=C\C/C=C\CCCCCCC. The maximum Gasteiger partial charge on any atom is 0.472 e. The number of carbonyl (C=O) groups is 2. The summed E-state index contributed by atoms with van der Waals surface area (Å²) in [5, 5.41) is 0. The third-order valence-corrected chi connectivity index (χ3v) is 11.7. The van der Waals surface area contributed by atoms with Gasteiger partial charge in [0.15, 0.2) is 6.10 Å². The quantitative estimate of drug-likeness (QED) is 0.0265. The second kappa shape index (κ2) is 47.4. The maximum absolute atomic E-state index is 12.6. The van der Waals surface area contributed by atoms with Crippen LogP contribution < -0.4 is 5.73 Å². The molecular weight excluding hydrogens is 786 g/mol. The van der Waals surface area contributed by atoms with E-state index >= 15 is 0 Å². The molecule has 2 atom stereocenters. The van der Waals surface area contributed by atoms with Gasteiger partial charge in [0, 0.05) is 19.4 Å². The van der Waals surface area contributed by atoms with Gasteiger partial charge in [-0.15, -0.1) is 0 Å². The summed E-state index contributed by atoms with van der Waals surface area (Å²) in [6.45, 7) is 3.71. The fourth-order valence-corrected chi connectivity index (χ4v) is 7.70. The lowest BCUT2D eigenvalue weighted by molar-refractivity contribution is -0.161. The number of allylic oxidation sites excluding steroid dienone is 8. The Bertz CT molecular complexity index is 1140. The van der Waals surface area contributed by atoms with Gasteiger partial charge in [-0.3, -0.25) is 18.6 Å². The summed E-state index contributed by atoms with van der Waals surface area (Å²) in [6.07, 6.45) is 55.8. The van der Waals surface area contributed by atoms with Crippen molar-refractivity contribution in [1.29, 1.82) is 0 Å². The Kier molecular flexibility index (Phi) is 45.9. The lowest BCUT2D eigenvalue weighted by Gasteiger charge is -2.19.